The average Bonchev–Trinajstić information content (AvgIpc) is 2.63. The summed E-state index contributed by atoms with van der Waals surface area (Å²) in [5.74, 6) is -0.257. The number of halogens is 4. The summed E-state index contributed by atoms with van der Waals surface area (Å²) in [4.78, 5) is 0. The lowest BCUT2D eigenvalue weighted by Crippen LogP contribution is -2.17. The van der Waals surface area contributed by atoms with Gasteiger partial charge in [0, 0.05) is 0 Å². The molecule has 1 saturated carbocycles. The van der Waals surface area contributed by atoms with E-state index in [9.17, 15) is 17.6 Å². The van der Waals surface area contributed by atoms with Gasteiger partial charge in [0.1, 0.15) is 0 Å². The van der Waals surface area contributed by atoms with E-state index in [1.807, 2.05) is 19.1 Å². The van der Waals surface area contributed by atoms with Gasteiger partial charge in [0.2, 0.25) is 0 Å². The van der Waals surface area contributed by atoms with Crippen molar-refractivity contribution in [2.45, 2.75) is 71.6 Å². The van der Waals surface area contributed by atoms with Crippen LogP contribution >= 0.6 is 0 Å². The fourth-order valence-corrected chi connectivity index (χ4v) is 3.94. The third-order valence-electron chi connectivity index (χ3n) is 5.35. The van der Waals surface area contributed by atoms with Crippen molar-refractivity contribution in [1.82, 2.24) is 0 Å². The quantitative estimate of drug-likeness (QED) is 0.318. The summed E-state index contributed by atoms with van der Waals surface area (Å²) >= 11 is 0. The minimum absolute atomic E-state index is 0.553. The van der Waals surface area contributed by atoms with E-state index in [-0.39, 0.29) is 0 Å². The molecular weight excluding hydrogens is 368 g/mol. The predicted molar refractivity (Wildman–Crippen MR) is 105 cm³/mol. The van der Waals surface area contributed by atoms with Crippen molar-refractivity contribution in [3.63, 3.8) is 0 Å². The number of hydrogen-bond donors (Lipinski definition) is 0. The van der Waals surface area contributed by atoms with Gasteiger partial charge >= 0.3 is 6.36 Å². The van der Waals surface area contributed by atoms with Gasteiger partial charge in [-0.05, 0) is 60.8 Å². The smallest absolute Gasteiger partial charge is 0.403 e. The van der Waals surface area contributed by atoms with Gasteiger partial charge in [0.25, 0.3) is 0 Å². The lowest BCUT2D eigenvalue weighted by molar-refractivity contribution is -0.275. The van der Waals surface area contributed by atoms with Crippen LogP contribution in [0.25, 0.3) is 5.57 Å². The maximum Gasteiger partial charge on any atom is 0.573 e. The zero-order chi connectivity index (χ0) is 20.6. The van der Waals surface area contributed by atoms with Crippen molar-refractivity contribution in [3.8, 4) is 5.75 Å². The fraction of sp³-hybridized carbons (Fsp3) is 0.565. The Morgan fingerprint density at radius 2 is 1.79 bits per heavy atom. The molecule has 5 heteroatoms. The largest absolute Gasteiger partial charge is 0.573 e. The third kappa shape index (κ3) is 7.33. The Kier molecular flexibility index (Phi) is 8.58. The summed E-state index contributed by atoms with van der Waals surface area (Å²) in [6.45, 7) is 4.21. The molecule has 0 atom stereocenters. The van der Waals surface area contributed by atoms with Crippen molar-refractivity contribution in [2.75, 3.05) is 0 Å². The van der Waals surface area contributed by atoms with E-state index >= 15 is 0 Å². The highest BCUT2D eigenvalue weighted by atomic mass is 19.4. The van der Waals surface area contributed by atoms with E-state index in [1.54, 1.807) is 0 Å². The Labute approximate surface area is 165 Å². The molecule has 1 aliphatic carbocycles. The summed E-state index contributed by atoms with van der Waals surface area (Å²) in [6.07, 6.45) is 10.5. The predicted octanol–water partition coefficient (Wildman–Crippen LogP) is 8.07. The van der Waals surface area contributed by atoms with Crippen LogP contribution in [0.5, 0.6) is 5.75 Å². The number of ether oxygens (including phenoxy) is 1. The number of alkyl halides is 3. The van der Waals surface area contributed by atoms with Crippen molar-refractivity contribution in [1.29, 1.82) is 0 Å². The highest BCUT2D eigenvalue weighted by Crippen LogP contribution is 2.34. The van der Waals surface area contributed by atoms with E-state index in [0.29, 0.717) is 11.5 Å². The van der Waals surface area contributed by atoms with Crippen molar-refractivity contribution in [2.24, 2.45) is 11.8 Å². The summed E-state index contributed by atoms with van der Waals surface area (Å²) in [6, 6.07) is 3.60. The molecule has 0 bridgehead atoms. The topological polar surface area (TPSA) is 9.23 Å². The fourth-order valence-electron chi connectivity index (χ4n) is 3.94. The van der Waals surface area contributed by atoms with Gasteiger partial charge in [-0.2, -0.15) is 0 Å². The number of hydrogen-bond acceptors (Lipinski definition) is 1. The molecular formula is C23H30F4O. The van der Waals surface area contributed by atoms with E-state index < -0.39 is 17.9 Å². The van der Waals surface area contributed by atoms with E-state index in [2.05, 4.69) is 17.7 Å². The molecule has 1 aromatic carbocycles. The van der Waals surface area contributed by atoms with Gasteiger partial charge in [0.05, 0.1) is 0 Å². The first-order valence-corrected chi connectivity index (χ1v) is 10.2. The molecule has 1 nitrogen and oxygen atoms in total. The molecule has 0 heterocycles. The SMILES string of the molecule is CC/C=C(\C=C/CC1CCC(CCC)CC1)c1ccc(OC(F)(F)F)c(F)c1. The van der Waals surface area contributed by atoms with E-state index in [1.165, 1.54) is 44.6 Å². The van der Waals surface area contributed by atoms with Crippen molar-refractivity contribution < 1.29 is 22.3 Å². The lowest BCUT2D eigenvalue weighted by Gasteiger charge is -2.27. The van der Waals surface area contributed by atoms with Crippen LogP contribution in [0.2, 0.25) is 0 Å². The Bertz CT molecular complexity index is 668. The molecule has 156 valence electrons. The first-order chi connectivity index (χ1) is 13.3. The summed E-state index contributed by atoms with van der Waals surface area (Å²) < 4.78 is 54.6. The maximum absolute atomic E-state index is 14.0. The standard InChI is InChI=1S/C23H30F4O/c1-3-6-17-10-12-18(13-11-17)8-5-9-19(7-4-2)20-14-15-22(21(24)16-20)28-23(25,26)27/h5,7,9,14-18H,3-4,6,8,10-13H2,1-2H3/b9-5-,19-7+. The normalized spacial score (nSPS) is 21.3. The zero-order valence-corrected chi connectivity index (χ0v) is 16.7. The van der Waals surface area contributed by atoms with Gasteiger partial charge in [0.15, 0.2) is 11.6 Å². The first kappa shape index (κ1) is 22.5. The highest BCUT2D eigenvalue weighted by molar-refractivity contribution is 5.74. The Morgan fingerprint density at radius 3 is 2.36 bits per heavy atom. The monoisotopic (exact) mass is 398 g/mol. The Hall–Kier alpha value is -1.78. The molecule has 28 heavy (non-hydrogen) atoms. The van der Waals surface area contributed by atoms with Gasteiger partial charge < -0.3 is 4.74 Å². The van der Waals surface area contributed by atoms with Gasteiger partial charge in [-0.1, -0.05) is 63.8 Å². The number of rotatable bonds is 8. The molecule has 1 aromatic rings. The molecule has 1 aliphatic rings. The van der Waals surface area contributed by atoms with Crippen LogP contribution in [0, 0.1) is 17.7 Å². The average molecular weight is 398 g/mol. The molecule has 0 unspecified atom stereocenters. The van der Waals surface area contributed by atoms with Crippen LogP contribution in [-0.4, -0.2) is 6.36 Å². The molecule has 0 aliphatic heterocycles. The first-order valence-electron chi connectivity index (χ1n) is 10.2. The molecule has 0 aromatic heterocycles. The second kappa shape index (κ2) is 10.7. The van der Waals surface area contributed by atoms with Crippen LogP contribution in [0.3, 0.4) is 0 Å². The molecule has 0 saturated heterocycles. The molecule has 0 radical (unpaired) electrons. The molecule has 2 rings (SSSR count). The Balaban J connectivity index is 1.99. The molecule has 0 spiro atoms. The van der Waals surface area contributed by atoms with Crippen LogP contribution in [0.4, 0.5) is 17.6 Å². The summed E-state index contributed by atoms with van der Waals surface area (Å²) in [5.41, 5.74) is 1.37. The number of allylic oxidation sites excluding steroid dienone is 4. The van der Waals surface area contributed by atoms with Crippen LogP contribution in [-0.2, 0) is 0 Å². The van der Waals surface area contributed by atoms with E-state index in [0.717, 1.165) is 36.5 Å². The molecule has 0 N–H and O–H groups in total. The third-order valence-corrected chi connectivity index (χ3v) is 5.35. The zero-order valence-electron chi connectivity index (χ0n) is 16.7. The van der Waals surface area contributed by atoms with Crippen LogP contribution < -0.4 is 4.74 Å². The second-order valence-electron chi connectivity index (χ2n) is 7.57. The van der Waals surface area contributed by atoms with Gasteiger partial charge in [-0.25, -0.2) is 4.39 Å². The maximum atomic E-state index is 14.0. The summed E-state index contributed by atoms with van der Waals surface area (Å²) in [7, 11) is 0. The van der Waals surface area contributed by atoms with Gasteiger partial charge in [-0.3, -0.25) is 0 Å². The van der Waals surface area contributed by atoms with Crippen molar-refractivity contribution in [3.05, 3.63) is 47.8 Å². The van der Waals surface area contributed by atoms with Crippen LogP contribution in [0.1, 0.15) is 70.8 Å². The minimum Gasteiger partial charge on any atom is -0.403 e. The van der Waals surface area contributed by atoms with Gasteiger partial charge in [-0.15, -0.1) is 13.2 Å². The minimum atomic E-state index is -4.90. The van der Waals surface area contributed by atoms with E-state index in [4.69, 9.17) is 0 Å². The molecule has 1 fully saturated rings. The van der Waals surface area contributed by atoms with Crippen molar-refractivity contribution >= 4 is 5.57 Å². The molecule has 0 amide bonds. The number of benzene rings is 1. The lowest BCUT2D eigenvalue weighted by atomic mass is 9.79. The highest BCUT2D eigenvalue weighted by Gasteiger charge is 2.32. The second-order valence-corrected chi connectivity index (χ2v) is 7.57. The Morgan fingerprint density at radius 1 is 1.11 bits per heavy atom. The van der Waals surface area contributed by atoms with Crippen LogP contribution in [0.15, 0.2) is 36.4 Å². The summed E-state index contributed by atoms with van der Waals surface area (Å²) in [5, 5.41) is 0.